The zero-order chi connectivity index (χ0) is 14.3. The number of aliphatic hydroxyl groups excluding tert-OH is 1. The Bertz CT molecular complexity index is 338. The molecule has 3 N–H and O–H groups in total. The van der Waals surface area contributed by atoms with Gasteiger partial charge in [0.1, 0.15) is 0 Å². The summed E-state index contributed by atoms with van der Waals surface area (Å²) < 4.78 is 0. The van der Waals surface area contributed by atoms with Gasteiger partial charge in [-0.2, -0.15) is 5.26 Å². The normalized spacial score (nSPS) is 15.1. The van der Waals surface area contributed by atoms with E-state index in [1.54, 1.807) is 13.8 Å². The molecule has 1 unspecified atom stereocenters. The molecule has 0 spiro atoms. The van der Waals surface area contributed by atoms with Crippen LogP contribution in [0.5, 0.6) is 0 Å². The maximum absolute atomic E-state index is 11.8. The van der Waals surface area contributed by atoms with Crippen molar-refractivity contribution in [1.82, 2.24) is 10.2 Å². The number of carboxylic acids is 1. The van der Waals surface area contributed by atoms with Crippen molar-refractivity contribution in [2.24, 2.45) is 5.92 Å². The van der Waals surface area contributed by atoms with E-state index in [2.05, 4.69) is 5.32 Å². The summed E-state index contributed by atoms with van der Waals surface area (Å²) in [4.78, 5) is 23.9. The largest absolute Gasteiger partial charge is 0.480 e. The lowest BCUT2D eigenvalue weighted by Gasteiger charge is -2.25. The number of carbonyl (C=O) groups is 2. The van der Waals surface area contributed by atoms with E-state index < -0.39 is 24.1 Å². The van der Waals surface area contributed by atoms with Crippen molar-refractivity contribution >= 4 is 12.0 Å². The molecule has 2 amide bonds. The summed E-state index contributed by atoms with van der Waals surface area (Å²) in [6, 6.07) is 0.0348. The minimum absolute atomic E-state index is 0.213. The van der Waals surface area contributed by atoms with Crippen LogP contribution < -0.4 is 5.32 Å². The third kappa shape index (κ3) is 5.01. The lowest BCUT2D eigenvalue weighted by Crippen LogP contribution is -2.52. The number of aliphatic carboxylic acids is 1. The summed E-state index contributed by atoms with van der Waals surface area (Å²) in [5.74, 6) is -1.65. The van der Waals surface area contributed by atoms with E-state index in [1.807, 2.05) is 6.07 Å². The molecule has 7 nitrogen and oxygen atoms in total. The van der Waals surface area contributed by atoms with Crippen molar-refractivity contribution in [3.05, 3.63) is 0 Å². The van der Waals surface area contributed by atoms with Crippen molar-refractivity contribution in [2.45, 2.75) is 32.9 Å². The number of hydrogen-bond acceptors (Lipinski definition) is 4. The topological polar surface area (TPSA) is 114 Å². The van der Waals surface area contributed by atoms with Crippen LogP contribution in [0.1, 0.15) is 20.8 Å². The second kappa shape index (κ2) is 7.50. The van der Waals surface area contributed by atoms with Gasteiger partial charge < -0.3 is 20.4 Å². The molecule has 0 aliphatic heterocycles. The van der Waals surface area contributed by atoms with Crippen LogP contribution in [0, 0.1) is 17.2 Å². The first-order valence-electron chi connectivity index (χ1n) is 5.69. The van der Waals surface area contributed by atoms with Crippen LogP contribution in [-0.2, 0) is 4.79 Å². The van der Waals surface area contributed by atoms with Crippen molar-refractivity contribution in [3.63, 3.8) is 0 Å². The molecule has 0 rings (SSSR count). The van der Waals surface area contributed by atoms with Crippen LogP contribution in [0.2, 0.25) is 0 Å². The van der Waals surface area contributed by atoms with E-state index in [1.165, 1.54) is 11.8 Å². The number of nitriles is 1. The van der Waals surface area contributed by atoms with Gasteiger partial charge in [0.25, 0.3) is 0 Å². The number of aliphatic hydroxyl groups is 1. The summed E-state index contributed by atoms with van der Waals surface area (Å²) in [5, 5.41) is 29.0. The average Bonchev–Trinajstić information content (AvgIpc) is 2.31. The number of nitrogens with one attached hydrogen (secondary N) is 1. The Labute approximate surface area is 106 Å². The van der Waals surface area contributed by atoms with Crippen LogP contribution in [0.15, 0.2) is 0 Å². The molecule has 0 fully saturated rings. The highest BCUT2D eigenvalue weighted by molar-refractivity contribution is 5.83. The predicted octanol–water partition coefficient (Wildman–Crippen LogP) is 0.0116. The van der Waals surface area contributed by atoms with E-state index in [0.29, 0.717) is 6.54 Å². The van der Waals surface area contributed by atoms with Gasteiger partial charge in [-0.05, 0) is 20.8 Å². The molecule has 0 bridgehead atoms. The Morgan fingerprint density at radius 2 is 2.00 bits per heavy atom. The Kier molecular flexibility index (Phi) is 6.75. The molecule has 0 aliphatic rings. The molecular formula is C11H19N3O4. The number of rotatable bonds is 6. The molecule has 0 saturated carbocycles. The number of hydrogen-bond donors (Lipinski definition) is 3. The fourth-order valence-corrected chi connectivity index (χ4v) is 1.34. The molecule has 0 radical (unpaired) electrons. The molecule has 0 aromatic carbocycles. The second-order valence-electron chi connectivity index (χ2n) is 4.07. The molecule has 0 heterocycles. The fourth-order valence-electron chi connectivity index (χ4n) is 1.34. The number of amides is 2. The number of carbonyl (C=O) groups excluding carboxylic acids is 1. The minimum Gasteiger partial charge on any atom is -0.480 e. The van der Waals surface area contributed by atoms with Gasteiger partial charge in [0, 0.05) is 13.1 Å². The molecular weight excluding hydrogens is 238 g/mol. The molecule has 0 saturated heterocycles. The first-order valence-corrected chi connectivity index (χ1v) is 5.69. The number of nitrogens with zero attached hydrogens (tertiary/aromatic N) is 2. The smallest absolute Gasteiger partial charge is 0.328 e. The average molecular weight is 257 g/mol. The molecule has 3 atom stereocenters. The first kappa shape index (κ1) is 16.2. The van der Waals surface area contributed by atoms with Gasteiger partial charge in [-0.25, -0.2) is 9.59 Å². The highest BCUT2D eigenvalue weighted by atomic mass is 16.4. The molecule has 102 valence electrons. The summed E-state index contributed by atoms with van der Waals surface area (Å²) in [6.45, 7) is 5.24. The first-order chi connectivity index (χ1) is 8.33. The van der Waals surface area contributed by atoms with Crippen molar-refractivity contribution in [2.75, 3.05) is 13.1 Å². The second-order valence-corrected chi connectivity index (χ2v) is 4.07. The van der Waals surface area contributed by atoms with Crippen LogP contribution in [0.3, 0.4) is 0 Å². The summed E-state index contributed by atoms with van der Waals surface area (Å²) in [7, 11) is 0. The van der Waals surface area contributed by atoms with Crippen LogP contribution >= 0.6 is 0 Å². The maximum Gasteiger partial charge on any atom is 0.328 e. The third-order valence-corrected chi connectivity index (χ3v) is 2.41. The zero-order valence-corrected chi connectivity index (χ0v) is 10.8. The van der Waals surface area contributed by atoms with Crippen LogP contribution in [0.25, 0.3) is 0 Å². The minimum atomic E-state index is -1.36. The maximum atomic E-state index is 11.8. The Hall–Kier alpha value is -1.81. The molecule has 0 aliphatic carbocycles. The molecule has 7 heteroatoms. The van der Waals surface area contributed by atoms with Gasteiger partial charge in [-0.1, -0.05) is 0 Å². The van der Waals surface area contributed by atoms with Crippen LogP contribution in [0.4, 0.5) is 4.79 Å². The number of carboxylic acid groups (broad SMARTS) is 1. The van der Waals surface area contributed by atoms with Crippen molar-refractivity contribution in [3.8, 4) is 6.07 Å². The summed E-state index contributed by atoms with van der Waals surface area (Å²) in [5.41, 5.74) is 0. The lowest BCUT2D eigenvalue weighted by atomic mass is 10.2. The summed E-state index contributed by atoms with van der Waals surface area (Å²) in [6.07, 6.45) is -1.20. The van der Waals surface area contributed by atoms with Crippen LogP contribution in [-0.4, -0.2) is 52.3 Å². The molecule has 0 aromatic rings. The summed E-state index contributed by atoms with van der Waals surface area (Å²) >= 11 is 0. The van der Waals surface area contributed by atoms with E-state index in [9.17, 15) is 14.7 Å². The van der Waals surface area contributed by atoms with E-state index in [-0.39, 0.29) is 12.5 Å². The molecule has 18 heavy (non-hydrogen) atoms. The van der Waals surface area contributed by atoms with Gasteiger partial charge in [0.05, 0.1) is 18.1 Å². The van der Waals surface area contributed by atoms with E-state index in [0.717, 1.165) is 0 Å². The van der Waals surface area contributed by atoms with Gasteiger partial charge >= 0.3 is 12.0 Å². The predicted molar refractivity (Wildman–Crippen MR) is 63.7 cm³/mol. The van der Waals surface area contributed by atoms with Gasteiger partial charge in [-0.3, -0.25) is 0 Å². The highest BCUT2D eigenvalue weighted by Crippen LogP contribution is 2.01. The van der Waals surface area contributed by atoms with Gasteiger partial charge in [0.15, 0.2) is 6.04 Å². The Balaban J connectivity index is 4.61. The SMILES string of the molecule is CCN(CC(C)C#N)C(=O)N[C@H](C(=O)O)[C@@H](C)O. The fraction of sp³-hybridized carbons (Fsp3) is 0.727. The zero-order valence-electron chi connectivity index (χ0n) is 10.8. The van der Waals surface area contributed by atoms with Gasteiger partial charge in [-0.15, -0.1) is 0 Å². The standard InChI is InChI=1S/C11H19N3O4/c1-4-14(6-7(2)5-12)11(18)13-9(8(3)15)10(16)17/h7-9,15H,4,6H2,1-3H3,(H,13,18)(H,16,17)/t7?,8-,9+/m1/s1. The van der Waals surface area contributed by atoms with Crippen molar-refractivity contribution in [1.29, 1.82) is 5.26 Å². The van der Waals surface area contributed by atoms with Gasteiger partial charge in [0.2, 0.25) is 0 Å². The Morgan fingerprint density at radius 1 is 1.44 bits per heavy atom. The third-order valence-electron chi connectivity index (χ3n) is 2.41. The monoisotopic (exact) mass is 257 g/mol. The van der Waals surface area contributed by atoms with E-state index >= 15 is 0 Å². The van der Waals surface area contributed by atoms with Crippen molar-refractivity contribution < 1.29 is 19.8 Å². The quantitative estimate of drug-likeness (QED) is 0.620. The lowest BCUT2D eigenvalue weighted by molar-refractivity contribution is -0.141. The Morgan fingerprint density at radius 3 is 2.33 bits per heavy atom. The molecule has 0 aromatic heterocycles. The number of urea groups is 1. The highest BCUT2D eigenvalue weighted by Gasteiger charge is 2.27. The van der Waals surface area contributed by atoms with E-state index in [4.69, 9.17) is 10.4 Å².